The zero-order valence-electron chi connectivity index (χ0n) is 18.6. The maximum absolute atomic E-state index is 13.7. The number of ketones is 1. The van der Waals surface area contributed by atoms with E-state index in [1.165, 1.54) is 13.2 Å². The molecule has 3 fully saturated rings. The third kappa shape index (κ3) is 3.92. The number of fused-ring (bicyclic) bond motifs is 5. The molecule has 0 unspecified atom stereocenters. The number of methoxy groups -OCH3 is 1. The minimum absolute atomic E-state index is 0.0258. The second-order valence-electron chi connectivity index (χ2n) is 8.99. The van der Waals surface area contributed by atoms with Crippen molar-refractivity contribution in [3.05, 3.63) is 64.7 Å². The summed E-state index contributed by atoms with van der Waals surface area (Å²) in [6.45, 7) is -0.501. The number of carbonyl (C=O) groups is 4. The molecule has 0 N–H and O–H groups in total. The quantitative estimate of drug-likeness (QED) is 0.271. The summed E-state index contributed by atoms with van der Waals surface area (Å²) in [5.41, 5.74) is 0.395. The number of alkyl halides is 2. The molecule has 182 valence electrons. The summed E-state index contributed by atoms with van der Waals surface area (Å²) < 4.78 is 5.20. The van der Waals surface area contributed by atoms with E-state index in [4.69, 9.17) is 16.3 Å². The normalized spacial score (nSPS) is 28.9. The Morgan fingerprint density at radius 1 is 1.03 bits per heavy atom. The Kier molecular flexibility index (Phi) is 6.52. The highest BCUT2D eigenvalue weighted by Gasteiger charge is 2.67. The molecule has 2 aromatic rings. The van der Waals surface area contributed by atoms with Crippen LogP contribution in [-0.2, 0) is 9.59 Å². The van der Waals surface area contributed by atoms with Crippen LogP contribution in [0.2, 0.25) is 5.02 Å². The lowest BCUT2D eigenvalue weighted by atomic mass is 9.81. The van der Waals surface area contributed by atoms with Gasteiger partial charge in [0.2, 0.25) is 0 Å². The van der Waals surface area contributed by atoms with Gasteiger partial charge in [-0.15, -0.1) is 0 Å². The number of Topliss-reactive ketones (excluding diaryl/α,β-unsaturated/α-hetero) is 1. The van der Waals surface area contributed by atoms with Crippen molar-refractivity contribution in [3.8, 4) is 5.75 Å². The van der Waals surface area contributed by atoms with E-state index < -0.39 is 41.9 Å². The van der Waals surface area contributed by atoms with Crippen molar-refractivity contribution in [3.63, 3.8) is 0 Å². The molecule has 0 aromatic heterocycles. The Bertz CT molecular complexity index is 1210. The molecule has 1 aliphatic heterocycles. The molecule has 7 nitrogen and oxygen atoms in total. The lowest BCUT2D eigenvalue weighted by molar-refractivity contribution is -0.154. The van der Waals surface area contributed by atoms with E-state index in [1.54, 1.807) is 42.5 Å². The van der Waals surface area contributed by atoms with Crippen molar-refractivity contribution in [1.29, 1.82) is 0 Å². The molecule has 3 amide bonds. The Morgan fingerprint density at radius 2 is 1.66 bits per heavy atom. The van der Waals surface area contributed by atoms with Crippen LogP contribution in [0, 0.1) is 23.7 Å². The van der Waals surface area contributed by atoms with Crippen molar-refractivity contribution in [2.24, 2.45) is 23.7 Å². The number of benzene rings is 2. The van der Waals surface area contributed by atoms with Gasteiger partial charge in [-0.1, -0.05) is 67.7 Å². The number of hydrazine groups is 1. The molecular weight excluding hydrogens is 604 g/mol. The standard InChI is InChI=1S/C25H21Br2ClN2O5/c1-35-13-6-4-5-12(9-13)18(31)11-29(23(32)14-7-2-3-8-17(14)28)30-24(33)19-15-10-16(20(19)25(30)34)22(27)21(15)26/h2-9,15-16,19-22H,10-11H2,1H3/t15-,16-,19-,20-,21-,22+/m1/s1. The average molecular weight is 625 g/mol. The lowest BCUT2D eigenvalue weighted by Crippen LogP contribution is -2.52. The number of carbonyl (C=O) groups excluding carboxylic acids is 4. The van der Waals surface area contributed by atoms with Crippen LogP contribution in [0.5, 0.6) is 5.75 Å². The smallest absolute Gasteiger partial charge is 0.274 e. The molecule has 5 rings (SSSR count). The first-order valence-electron chi connectivity index (χ1n) is 11.1. The summed E-state index contributed by atoms with van der Waals surface area (Å²) in [6.07, 6.45) is 0.758. The summed E-state index contributed by atoms with van der Waals surface area (Å²) >= 11 is 13.6. The van der Waals surface area contributed by atoms with Gasteiger partial charge in [0.15, 0.2) is 5.78 Å². The third-order valence-corrected chi connectivity index (χ3v) is 10.8. The van der Waals surface area contributed by atoms with Crippen molar-refractivity contribution in [2.45, 2.75) is 16.1 Å². The molecule has 0 radical (unpaired) electrons. The van der Waals surface area contributed by atoms with Crippen LogP contribution in [0.4, 0.5) is 0 Å². The Labute approximate surface area is 224 Å². The number of hydrogen-bond donors (Lipinski definition) is 0. The largest absolute Gasteiger partial charge is 0.497 e. The molecule has 10 heteroatoms. The van der Waals surface area contributed by atoms with Crippen LogP contribution in [0.15, 0.2) is 48.5 Å². The zero-order valence-corrected chi connectivity index (χ0v) is 22.5. The predicted octanol–water partition coefficient (Wildman–Crippen LogP) is 4.37. The van der Waals surface area contributed by atoms with E-state index in [2.05, 4.69) is 31.9 Å². The lowest BCUT2D eigenvalue weighted by Gasteiger charge is -2.31. The van der Waals surface area contributed by atoms with Crippen molar-refractivity contribution < 1.29 is 23.9 Å². The molecule has 35 heavy (non-hydrogen) atoms. The predicted molar refractivity (Wildman–Crippen MR) is 136 cm³/mol. The highest BCUT2D eigenvalue weighted by Crippen LogP contribution is 2.60. The van der Waals surface area contributed by atoms with Crippen molar-refractivity contribution >= 4 is 67.0 Å². The van der Waals surface area contributed by atoms with Crippen LogP contribution in [0.25, 0.3) is 0 Å². The fourth-order valence-corrected chi connectivity index (χ4v) is 7.69. The number of hydrogen-bond acceptors (Lipinski definition) is 5. The number of ether oxygens (including phenoxy) is 1. The highest BCUT2D eigenvalue weighted by molar-refractivity contribution is 9.12. The minimum atomic E-state index is -0.688. The zero-order chi connectivity index (χ0) is 25.0. The van der Waals surface area contributed by atoms with Crippen molar-refractivity contribution in [1.82, 2.24) is 10.0 Å². The van der Waals surface area contributed by atoms with E-state index >= 15 is 0 Å². The van der Waals surface area contributed by atoms with Gasteiger partial charge in [0.1, 0.15) is 12.3 Å². The summed E-state index contributed by atoms with van der Waals surface area (Å²) in [4.78, 5) is 54.3. The van der Waals surface area contributed by atoms with Crippen LogP contribution < -0.4 is 4.74 Å². The number of rotatable bonds is 6. The van der Waals surface area contributed by atoms with E-state index in [0.29, 0.717) is 11.3 Å². The average Bonchev–Trinajstić information content (AvgIpc) is 3.47. The van der Waals surface area contributed by atoms with Crippen LogP contribution in [0.1, 0.15) is 27.1 Å². The molecule has 6 atom stereocenters. The summed E-state index contributed by atoms with van der Waals surface area (Å²) in [6, 6.07) is 12.9. The van der Waals surface area contributed by atoms with Gasteiger partial charge < -0.3 is 4.74 Å². The Morgan fingerprint density at radius 3 is 2.26 bits per heavy atom. The second-order valence-corrected chi connectivity index (χ2v) is 11.5. The maximum atomic E-state index is 13.7. The van der Waals surface area contributed by atoms with Crippen LogP contribution >= 0.6 is 43.5 Å². The molecule has 1 saturated heterocycles. The minimum Gasteiger partial charge on any atom is -0.497 e. The summed E-state index contributed by atoms with van der Waals surface area (Å²) in [5, 5.41) is 2.01. The Hall–Kier alpha value is -2.23. The van der Waals surface area contributed by atoms with Gasteiger partial charge in [0.25, 0.3) is 17.7 Å². The molecular formula is C25H21Br2ClN2O5. The van der Waals surface area contributed by atoms with Gasteiger partial charge in [0, 0.05) is 15.2 Å². The second kappa shape index (κ2) is 9.33. The SMILES string of the molecule is COc1cccc(C(=O)CN(C(=O)c2ccccc2Cl)N2C(=O)[C@@H]3[C@H]4C[C@@H]([C@@H](Br)[C@H]4Br)[C@H]3C2=O)c1. The van der Waals surface area contributed by atoms with Gasteiger partial charge in [-0.2, -0.15) is 5.01 Å². The number of nitrogens with zero attached hydrogens (tertiary/aromatic N) is 2. The van der Waals surface area contributed by atoms with E-state index in [9.17, 15) is 19.2 Å². The van der Waals surface area contributed by atoms with E-state index in [1.807, 2.05) is 0 Å². The Balaban J connectivity index is 1.52. The topological polar surface area (TPSA) is 84.0 Å². The number of amides is 3. The van der Waals surface area contributed by atoms with Gasteiger partial charge in [-0.25, -0.2) is 5.01 Å². The monoisotopic (exact) mass is 622 g/mol. The maximum Gasteiger partial charge on any atom is 0.274 e. The molecule has 2 aliphatic carbocycles. The van der Waals surface area contributed by atoms with Gasteiger partial charge in [-0.3, -0.25) is 19.2 Å². The first-order chi connectivity index (χ1) is 16.7. The molecule has 2 bridgehead atoms. The highest BCUT2D eigenvalue weighted by atomic mass is 79.9. The molecule has 2 saturated carbocycles. The van der Waals surface area contributed by atoms with E-state index in [0.717, 1.165) is 16.4 Å². The fraction of sp³-hybridized carbons (Fsp3) is 0.360. The first kappa shape index (κ1) is 24.5. The molecule has 3 aliphatic rings. The summed E-state index contributed by atoms with van der Waals surface area (Å²) in [5.74, 6) is -2.66. The van der Waals surface area contributed by atoms with Crippen LogP contribution in [-0.4, -0.2) is 56.8 Å². The number of halogens is 3. The van der Waals surface area contributed by atoms with E-state index in [-0.39, 0.29) is 32.1 Å². The van der Waals surface area contributed by atoms with Crippen molar-refractivity contribution in [2.75, 3.05) is 13.7 Å². The fourth-order valence-electron chi connectivity index (χ4n) is 5.60. The van der Waals surface area contributed by atoms with Crippen LogP contribution in [0.3, 0.4) is 0 Å². The summed E-state index contributed by atoms with van der Waals surface area (Å²) in [7, 11) is 1.49. The van der Waals surface area contributed by atoms with Gasteiger partial charge in [-0.05, 0) is 42.5 Å². The number of imide groups is 1. The van der Waals surface area contributed by atoms with Gasteiger partial charge in [0.05, 0.1) is 29.5 Å². The third-order valence-electron chi connectivity index (χ3n) is 7.23. The molecule has 0 spiro atoms. The first-order valence-corrected chi connectivity index (χ1v) is 13.3. The molecule has 2 aromatic carbocycles. The molecule has 1 heterocycles. The van der Waals surface area contributed by atoms with Gasteiger partial charge >= 0.3 is 0 Å².